The number of carboxylic acids is 1. The summed E-state index contributed by atoms with van der Waals surface area (Å²) in [6.07, 6.45) is -24.0. The molecular formula is C9HF17O8S2. The molecule has 1 N–H and O–H groups in total. The van der Waals surface area contributed by atoms with Crippen LogP contribution in [0.4, 0.5) is 73.6 Å². The summed E-state index contributed by atoms with van der Waals surface area (Å²) >= 11 is 0. The Bertz CT molecular complexity index is 1040. The number of aliphatic carboxylic acids is 1. The number of carboxylic acid groups (broad SMARTS) is 1. The van der Waals surface area contributed by atoms with Crippen molar-refractivity contribution in [2.75, 3.05) is 0 Å². The first-order chi connectivity index (χ1) is 15.1. The van der Waals surface area contributed by atoms with E-state index in [0.717, 1.165) is 4.74 Å². The predicted molar refractivity (Wildman–Crippen MR) is 68.3 cm³/mol. The number of ether oxygens (including phenoxy) is 2. The zero-order chi connectivity index (χ0) is 30.0. The van der Waals surface area contributed by atoms with Crippen LogP contribution in [0.25, 0.3) is 0 Å². The Morgan fingerprint density at radius 1 is 0.583 bits per heavy atom. The molecule has 0 aromatic carbocycles. The first kappa shape index (κ1) is 34.1. The third-order valence-corrected chi connectivity index (χ3v) is 5.02. The van der Waals surface area contributed by atoms with Crippen molar-refractivity contribution in [3.8, 4) is 0 Å². The van der Waals surface area contributed by atoms with E-state index in [1.807, 2.05) is 0 Å². The highest BCUT2D eigenvalue weighted by Gasteiger charge is 2.89. The predicted octanol–water partition coefficient (Wildman–Crippen LogP) is 3.60. The Morgan fingerprint density at radius 2 is 0.861 bits per heavy atom. The maximum absolute atomic E-state index is 14.0. The summed E-state index contributed by atoms with van der Waals surface area (Å²) in [7, 11) is -17.3. The van der Waals surface area contributed by atoms with Gasteiger partial charge in [-0.25, -0.2) is 4.79 Å². The van der Waals surface area contributed by atoms with Gasteiger partial charge in [-0.05, 0) is 0 Å². The molecule has 216 valence electrons. The zero-order valence-corrected chi connectivity index (χ0v) is 16.7. The van der Waals surface area contributed by atoms with Crippen molar-refractivity contribution >= 4 is 26.4 Å². The molecule has 0 heterocycles. The van der Waals surface area contributed by atoms with E-state index in [1.165, 1.54) is 4.74 Å². The van der Waals surface area contributed by atoms with Crippen LogP contribution in [-0.2, 0) is 34.7 Å². The lowest BCUT2D eigenvalue weighted by Gasteiger charge is -2.40. The molecular weight excluding hydrogens is 623 g/mol. The number of carbonyl (C=O) groups is 1. The molecule has 0 aromatic rings. The summed E-state index contributed by atoms with van der Waals surface area (Å²) in [6, 6.07) is 0. The lowest BCUT2D eigenvalue weighted by molar-refractivity contribution is -0.515. The number of alkyl halides is 15. The van der Waals surface area contributed by atoms with Crippen LogP contribution in [0, 0.1) is 0 Å². The van der Waals surface area contributed by atoms with Gasteiger partial charge < -0.3 is 5.11 Å². The summed E-state index contributed by atoms with van der Waals surface area (Å²) in [4.78, 5) is 10.1. The first-order valence-electron chi connectivity index (χ1n) is 6.96. The number of hydrogen-bond acceptors (Lipinski definition) is 7. The molecule has 0 aromatic heterocycles. The fourth-order valence-corrected chi connectivity index (χ4v) is 2.51. The lowest BCUT2D eigenvalue weighted by Crippen LogP contribution is -2.69. The van der Waals surface area contributed by atoms with Crippen molar-refractivity contribution in [2.24, 2.45) is 0 Å². The number of halogens is 17. The van der Waals surface area contributed by atoms with E-state index in [4.69, 9.17) is 5.11 Å². The van der Waals surface area contributed by atoms with Gasteiger partial charge in [0.2, 0.25) is 0 Å². The quantitative estimate of drug-likeness (QED) is 0.274. The second-order valence-electron chi connectivity index (χ2n) is 5.71. The molecule has 0 aliphatic rings. The summed E-state index contributed by atoms with van der Waals surface area (Å²) < 4.78 is 266. The molecule has 1 unspecified atom stereocenters. The third kappa shape index (κ3) is 4.96. The lowest BCUT2D eigenvalue weighted by atomic mass is 10.2. The molecule has 0 bridgehead atoms. The largest absolute Gasteiger partial charge is 0.477 e. The Balaban J connectivity index is 7.17. The van der Waals surface area contributed by atoms with Crippen molar-refractivity contribution in [1.82, 2.24) is 0 Å². The molecule has 0 spiro atoms. The Kier molecular flexibility index (Phi) is 8.11. The van der Waals surface area contributed by atoms with Gasteiger partial charge in [0, 0.05) is 0 Å². The van der Waals surface area contributed by atoms with Gasteiger partial charge in [-0.2, -0.15) is 82.7 Å². The summed E-state index contributed by atoms with van der Waals surface area (Å²) in [5.74, 6) is -28.5. The highest BCUT2D eigenvalue weighted by atomic mass is 32.3. The minimum atomic E-state index is -8.64. The van der Waals surface area contributed by atoms with Gasteiger partial charge >= 0.3 is 73.0 Å². The number of hydrogen-bond donors (Lipinski definition) is 1. The minimum Gasteiger partial charge on any atom is -0.477 e. The molecule has 0 radical (unpaired) electrons. The molecule has 0 rings (SSSR count). The van der Waals surface area contributed by atoms with E-state index in [9.17, 15) is 95.3 Å². The molecule has 0 aliphatic heterocycles. The van der Waals surface area contributed by atoms with E-state index in [0.29, 0.717) is 0 Å². The van der Waals surface area contributed by atoms with E-state index < -0.39 is 73.0 Å². The second-order valence-corrected chi connectivity index (χ2v) is 8.49. The summed E-state index contributed by atoms with van der Waals surface area (Å²) in [6.45, 7) is 0. The highest BCUT2D eigenvalue weighted by Crippen LogP contribution is 2.58. The van der Waals surface area contributed by atoms with Crippen LogP contribution in [0.2, 0.25) is 0 Å². The molecule has 8 nitrogen and oxygen atoms in total. The van der Waals surface area contributed by atoms with Crippen LogP contribution in [0.5, 0.6) is 0 Å². The molecule has 0 saturated heterocycles. The molecule has 0 saturated carbocycles. The molecule has 0 fully saturated rings. The average molecular weight is 624 g/mol. The Hall–Kier alpha value is -1.90. The molecule has 0 amide bonds. The van der Waals surface area contributed by atoms with Gasteiger partial charge in [-0.1, -0.05) is 7.77 Å². The molecule has 0 aliphatic carbocycles. The summed E-state index contributed by atoms with van der Waals surface area (Å²) in [5.41, 5.74) is 0. The maximum Gasteiger partial charge on any atom is 0.460 e. The molecule has 27 heteroatoms. The van der Waals surface area contributed by atoms with Crippen LogP contribution in [0.3, 0.4) is 0 Å². The van der Waals surface area contributed by atoms with Gasteiger partial charge in [-0.15, -0.1) is 0 Å². The van der Waals surface area contributed by atoms with Gasteiger partial charge in [-0.3, -0.25) is 9.47 Å². The monoisotopic (exact) mass is 624 g/mol. The normalized spacial score (nSPS) is 17.6. The third-order valence-electron chi connectivity index (χ3n) is 3.27. The van der Waals surface area contributed by atoms with Gasteiger partial charge in [0.15, 0.2) is 0 Å². The highest BCUT2D eigenvalue weighted by molar-refractivity contribution is 7.88. The number of rotatable bonds is 11. The average Bonchev–Trinajstić information content (AvgIpc) is 2.56. The van der Waals surface area contributed by atoms with E-state index >= 15 is 0 Å². The van der Waals surface area contributed by atoms with Crippen LogP contribution >= 0.6 is 0 Å². The maximum atomic E-state index is 14.0. The van der Waals surface area contributed by atoms with Crippen LogP contribution in [0.1, 0.15) is 0 Å². The van der Waals surface area contributed by atoms with E-state index in [-0.39, 0.29) is 0 Å². The zero-order valence-electron chi connectivity index (χ0n) is 15.0. The second kappa shape index (κ2) is 8.57. The van der Waals surface area contributed by atoms with Crippen molar-refractivity contribution in [3.05, 3.63) is 0 Å². The molecule has 36 heavy (non-hydrogen) atoms. The van der Waals surface area contributed by atoms with Crippen LogP contribution < -0.4 is 0 Å². The Labute approximate surface area is 183 Å². The van der Waals surface area contributed by atoms with Crippen LogP contribution in [0.15, 0.2) is 0 Å². The van der Waals surface area contributed by atoms with Crippen molar-refractivity contribution in [1.29, 1.82) is 0 Å². The van der Waals surface area contributed by atoms with Gasteiger partial charge in [0.25, 0.3) is 0 Å². The minimum absolute atomic E-state index is 1.12. The van der Waals surface area contributed by atoms with Gasteiger partial charge in [0.05, 0.1) is 0 Å². The SMILES string of the molecule is O=C(O)C(F)(OC(F)(F)C(F)(F)C(F)(F)OC(F)(C(F)(F)S(=O)(=O)F)C(F)(F)S(=O)(=O)F)C(F)(F)F. The molecule has 1 atom stereocenters. The Morgan fingerprint density at radius 3 is 1.08 bits per heavy atom. The van der Waals surface area contributed by atoms with Gasteiger partial charge in [0.1, 0.15) is 0 Å². The smallest absolute Gasteiger partial charge is 0.460 e. The van der Waals surface area contributed by atoms with E-state index in [2.05, 4.69) is 0 Å². The fourth-order valence-electron chi connectivity index (χ4n) is 1.48. The fraction of sp³-hybridized carbons (Fsp3) is 0.889. The van der Waals surface area contributed by atoms with Crippen molar-refractivity contribution < 1.29 is 110 Å². The summed E-state index contributed by atoms with van der Waals surface area (Å²) in [5, 5.41) is -8.62. The first-order valence-corrected chi connectivity index (χ1v) is 9.73. The van der Waals surface area contributed by atoms with E-state index in [1.54, 1.807) is 0 Å². The van der Waals surface area contributed by atoms with Crippen LogP contribution in [-0.4, -0.2) is 74.4 Å². The topological polar surface area (TPSA) is 124 Å². The van der Waals surface area contributed by atoms with Crippen molar-refractivity contribution in [2.45, 2.75) is 46.5 Å². The van der Waals surface area contributed by atoms with Crippen molar-refractivity contribution in [3.63, 3.8) is 0 Å². The standard InChI is InChI=1S/C9HF17O8S2/c10-2(1(27)28,5(14,15)16)33-6(17,18)3(11,12)7(19,20)34-4(13,8(21,22)35(25,29)30)9(23,24)36(26,31)32/h(H,27,28).